The van der Waals surface area contributed by atoms with Crippen LogP contribution in [0.3, 0.4) is 0 Å². The minimum absolute atomic E-state index is 0.0366. The van der Waals surface area contributed by atoms with Crippen molar-refractivity contribution >= 4 is 15.9 Å². The second-order valence-corrected chi connectivity index (χ2v) is 9.33. The zero-order valence-electron chi connectivity index (χ0n) is 13.5. The first kappa shape index (κ1) is 16.2. The molecule has 4 unspecified atom stereocenters. The van der Waals surface area contributed by atoms with Gasteiger partial charge in [-0.1, -0.05) is 6.42 Å². The van der Waals surface area contributed by atoms with E-state index in [9.17, 15) is 13.2 Å². The van der Waals surface area contributed by atoms with Crippen molar-refractivity contribution in [2.45, 2.75) is 57.4 Å². The number of carbonyl (C=O) groups excluding carboxylic acids is 1. The normalized spacial score (nSPS) is 35.0. The molecular formula is C16H28N2O3S. The second kappa shape index (κ2) is 6.48. The summed E-state index contributed by atoms with van der Waals surface area (Å²) < 4.78 is 25.2. The number of hydrogen-bond acceptors (Lipinski definition) is 3. The Morgan fingerprint density at radius 3 is 2.64 bits per heavy atom. The van der Waals surface area contributed by atoms with Crippen LogP contribution >= 0.6 is 0 Å². The number of fused-ring (bicyclic) bond motifs is 2. The molecule has 2 saturated carbocycles. The molecule has 1 amide bonds. The summed E-state index contributed by atoms with van der Waals surface area (Å²) in [6.07, 6.45) is 10.1. The molecule has 3 fully saturated rings. The Balaban J connectivity index is 1.56. The van der Waals surface area contributed by atoms with Gasteiger partial charge in [-0.3, -0.25) is 4.79 Å². The molecule has 2 bridgehead atoms. The predicted molar refractivity (Wildman–Crippen MR) is 85.8 cm³/mol. The minimum atomic E-state index is -3.19. The van der Waals surface area contributed by atoms with Gasteiger partial charge in [-0.05, 0) is 56.3 Å². The average Bonchev–Trinajstić information content (AvgIpc) is 3.07. The van der Waals surface area contributed by atoms with Gasteiger partial charge >= 0.3 is 0 Å². The van der Waals surface area contributed by atoms with Gasteiger partial charge in [0.15, 0.2) is 0 Å². The number of carbonyl (C=O) groups is 1. The Kier molecular flexibility index (Phi) is 4.78. The number of sulfonamides is 1. The molecule has 0 aromatic heterocycles. The maximum atomic E-state index is 12.7. The molecule has 2 aliphatic carbocycles. The zero-order chi connectivity index (χ0) is 15.7. The number of likely N-dealkylation sites (tertiary alicyclic amines) is 1. The summed E-state index contributed by atoms with van der Waals surface area (Å²) in [4.78, 5) is 14.7. The first-order valence-corrected chi connectivity index (χ1v) is 10.6. The van der Waals surface area contributed by atoms with Gasteiger partial charge in [-0.25, -0.2) is 13.1 Å². The minimum Gasteiger partial charge on any atom is -0.338 e. The van der Waals surface area contributed by atoms with E-state index >= 15 is 0 Å². The molecule has 6 heteroatoms. The summed E-state index contributed by atoms with van der Waals surface area (Å²) in [5.41, 5.74) is 0. The summed E-state index contributed by atoms with van der Waals surface area (Å²) in [6, 6.07) is 0.0366. The molecule has 126 valence electrons. The third-order valence-corrected chi connectivity index (χ3v) is 6.54. The van der Waals surface area contributed by atoms with Gasteiger partial charge in [-0.2, -0.15) is 0 Å². The summed E-state index contributed by atoms with van der Waals surface area (Å²) in [6.45, 7) is 1.15. The van der Waals surface area contributed by atoms with Crippen molar-refractivity contribution in [3.05, 3.63) is 0 Å². The highest BCUT2D eigenvalue weighted by molar-refractivity contribution is 7.88. The van der Waals surface area contributed by atoms with E-state index in [1.165, 1.54) is 31.9 Å². The van der Waals surface area contributed by atoms with Crippen LogP contribution in [0.2, 0.25) is 0 Å². The van der Waals surface area contributed by atoms with Crippen molar-refractivity contribution in [3.63, 3.8) is 0 Å². The van der Waals surface area contributed by atoms with Crippen molar-refractivity contribution in [2.75, 3.05) is 19.3 Å². The highest BCUT2D eigenvalue weighted by atomic mass is 32.2. The molecule has 4 atom stereocenters. The largest absolute Gasteiger partial charge is 0.338 e. The fourth-order valence-electron chi connectivity index (χ4n) is 4.76. The Bertz CT molecular complexity index is 519. The third-order valence-electron chi connectivity index (χ3n) is 5.85. The van der Waals surface area contributed by atoms with Gasteiger partial charge in [0.2, 0.25) is 15.9 Å². The van der Waals surface area contributed by atoms with E-state index in [0.717, 1.165) is 37.6 Å². The molecule has 5 nitrogen and oxygen atoms in total. The Labute approximate surface area is 133 Å². The summed E-state index contributed by atoms with van der Waals surface area (Å²) in [5, 5.41) is 0. The Morgan fingerprint density at radius 2 is 2.00 bits per heavy atom. The standard InChI is InChI=1S/C16H28N2O3S/c1-22(20,21)17-11-15-4-2-3-7-18(15)16(19)10-14-9-12-5-6-13(14)8-12/h12-15,17H,2-11H2,1H3. The van der Waals surface area contributed by atoms with Crippen molar-refractivity contribution < 1.29 is 13.2 Å². The van der Waals surface area contributed by atoms with Crippen LogP contribution < -0.4 is 4.72 Å². The Morgan fingerprint density at radius 1 is 1.18 bits per heavy atom. The van der Waals surface area contributed by atoms with E-state index in [0.29, 0.717) is 18.9 Å². The number of nitrogens with one attached hydrogen (secondary N) is 1. The van der Waals surface area contributed by atoms with Gasteiger partial charge in [0.1, 0.15) is 0 Å². The van der Waals surface area contributed by atoms with Crippen molar-refractivity contribution in [2.24, 2.45) is 17.8 Å². The number of hydrogen-bond donors (Lipinski definition) is 1. The smallest absolute Gasteiger partial charge is 0.223 e. The van der Waals surface area contributed by atoms with Crippen LogP contribution in [0.1, 0.15) is 51.4 Å². The SMILES string of the molecule is CS(=O)(=O)NCC1CCCCN1C(=O)CC1CC2CCC1C2. The highest BCUT2D eigenvalue weighted by Crippen LogP contribution is 2.49. The van der Waals surface area contributed by atoms with Crippen LogP contribution in [0.4, 0.5) is 0 Å². The van der Waals surface area contributed by atoms with E-state index < -0.39 is 10.0 Å². The van der Waals surface area contributed by atoms with Crippen LogP contribution in [-0.2, 0) is 14.8 Å². The maximum Gasteiger partial charge on any atom is 0.223 e. The van der Waals surface area contributed by atoms with Crippen LogP contribution in [0.25, 0.3) is 0 Å². The summed E-state index contributed by atoms with van der Waals surface area (Å²) >= 11 is 0. The average molecular weight is 328 g/mol. The summed E-state index contributed by atoms with van der Waals surface area (Å²) in [7, 11) is -3.19. The molecule has 0 aromatic carbocycles. The topological polar surface area (TPSA) is 66.5 Å². The first-order chi connectivity index (χ1) is 10.4. The van der Waals surface area contributed by atoms with Crippen molar-refractivity contribution in [1.29, 1.82) is 0 Å². The molecule has 1 heterocycles. The number of nitrogens with zero attached hydrogens (tertiary/aromatic N) is 1. The number of amides is 1. The predicted octanol–water partition coefficient (Wildman–Crippen LogP) is 1.74. The first-order valence-electron chi connectivity index (χ1n) is 8.66. The monoisotopic (exact) mass is 328 g/mol. The van der Waals surface area contributed by atoms with Crippen LogP contribution in [0.5, 0.6) is 0 Å². The van der Waals surface area contributed by atoms with Crippen molar-refractivity contribution in [1.82, 2.24) is 9.62 Å². The molecule has 0 radical (unpaired) electrons. The lowest BCUT2D eigenvalue weighted by atomic mass is 9.85. The molecule has 1 saturated heterocycles. The molecular weight excluding hydrogens is 300 g/mol. The van der Waals surface area contributed by atoms with Gasteiger partial charge in [-0.15, -0.1) is 0 Å². The fourth-order valence-corrected chi connectivity index (χ4v) is 5.25. The lowest BCUT2D eigenvalue weighted by Gasteiger charge is -2.37. The van der Waals surface area contributed by atoms with Crippen molar-refractivity contribution in [3.8, 4) is 0 Å². The molecule has 0 spiro atoms. The zero-order valence-corrected chi connectivity index (χ0v) is 14.3. The highest BCUT2D eigenvalue weighted by Gasteiger charge is 2.41. The van der Waals surface area contributed by atoms with Crippen LogP contribution in [0.15, 0.2) is 0 Å². The maximum absolute atomic E-state index is 12.7. The molecule has 3 rings (SSSR count). The molecule has 1 N–H and O–H groups in total. The van der Waals surface area contributed by atoms with Crippen LogP contribution in [-0.4, -0.2) is 44.6 Å². The van der Waals surface area contributed by atoms with E-state index in [1.807, 2.05) is 4.90 Å². The molecule has 1 aliphatic heterocycles. The van der Waals surface area contributed by atoms with E-state index in [4.69, 9.17) is 0 Å². The molecule has 3 aliphatic rings. The van der Waals surface area contributed by atoms with Gasteiger partial charge in [0.05, 0.1) is 6.26 Å². The van der Waals surface area contributed by atoms with Crippen LogP contribution in [0, 0.1) is 17.8 Å². The van der Waals surface area contributed by atoms with Gasteiger partial charge in [0, 0.05) is 25.6 Å². The quantitative estimate of drug-likeness (QED) is 0.836. The van der Waals surface area contributed by atoms with Gasteiger partial charge in [0.25, 0.3) is 0 Å². The fraction of sp³-hybridized carbons (Fsp3) is 0.938. The third kappa shape index (κ3) is 3.82. The molecule has 0 aromatic rings. The van der Waals surface area contributed by atoms with E-state index in [2.05, 4.69) is 4.72 Å². The van der Waals surface area contributed by atoms with E-state index in [-0.39, 0.29) is 11.9 Å². The Hall–Kier alpha value is -0.620. The lowest BCUT2D eigenvalue weighted by Crippen LogP contribution is -2.49. The number of rotatable bonds is 5. The summed E-state index contributed by atoms with van der Waals surface area (Å²) in [5.74, 6) is 2.47. The lowest BCUT2D eigenvalue weighted by molar-refractivity contribution is -0.136. The second-order valence-electron chi connectivity index (χ2n) is 7.50. The molecule has 22 heavy (non-hydrogen) atoms. The number of piperidine rings is 1. The van der Waals surface area contributed by atoms with Gasteiger partial charge < -0.3 is 4.90 Å². The van der Waals surface area contributed by atoms with E-state index in [1.54, 1.807) is 0 Å².